The Morgan fingerprint density at radius 3 is 2.47 bits per heavy atom. The van der Waals surface area contributed by atoms with Gasteiger partial charge in [-0.3, -0.25) is 9.59 Å². The molecule has 4 rings (SSSR count). The van der Waals surface area contributed by atoms with Crippen molar-refractivity contribution in [1.29, 1.82) is 0 Å². The van der Waals surface area contributed by atoms with E-state index in [4.69, 9.17) is 25.8 Å². The van der Waals surface area contributed by atoms with Crippen molar-refractivity contribution in [2.75, 3.05) is 71.1 Å². The van der Waals surface area contributed by atoms with Crippen molar-refractivity contribution < 1.29 is 28.2 Å². The van der Waals surface area contributed by atoms with E-state index in [1.165, 1.54) is 12.1 Å². The molecule has 38 heavy (non-hydrogen) atoms. The molecule has 0 aliphatic carbocycles. The molecule has 2 aliphatic rings. The standard InChI is InChI=1S/C28H35ClFN3O5/c1-21-17-24(7-8-25(21)29)37-20-28(18-27(35)32-11-14-36-15-12-32)19-33(13-16-38-28)26(34)9-10-31(2)23-5-3-22(30)4-6-23/h3-8,17H,9-16,18-20H2,1-2H3/t28-/m1/s1. The molecule has 2 fully saturated rings. The van der Waals surface area contributed by atoms with Gasteiger partial charge in [-0.25, -0.2) is 4.39 Å². The summed E-state index contributed by atoms with van der Waals surface area (Å²) in [6.45, 7) is 5.55. The van der Waals surface area contributed by atoms with Crippen LogP contribution in [0.2, 0.25) is 5.02 Å². The van der Waals surface area contributed by atoms with Gasteiger partial charge in [0, 0.05) is 50.4 Å². The van der Waals surface area contributed by atoms with Gasteiger partial charge in [0.15, 0.2) is 0 Å². The van der Waals surface area contributed by atoms with Crippen molar-refractivity contribution >= 4 is 29.1 Å². The van der Waals surface area contributed by atoms with E-state index < -0.39 is 5.60 Å². The van der Waals surface area contributed by atoms with Crippen LogP contribution >= 0.6 is 11.6 Å². The number of ether oxygens (including phenoxy) is 3. The highest BCUT2D eigenvalue weighted by Gasteiger charge is 2.42. The topological polar surface area (TPSA) is 71.5 Å². The van der Waals surface area contributed by atoms with E-state index >= 15 is 0 Å². The molecule has 10 heteroatoms. The molecule has 0 bridgehead atoms. The van der Waals surface area contributed by atoms with E-state index in [1.54, 1.807) is 34.1 Å². The highest BCUT2D eigenvalue weighted by atomic mass is 35.5. The van der Waals surface area contributed by atoms with Crippen molar-refractivity contribution in [1.82, 2.24) is 9.80 Å². The van der Waals surface area contributed by atoms with E-state index in [-0.39, 0.29) is 43.6 Å². The number of hydrogen-bond acceptors (Lipinski definition) is 6. The maximum Gasteiger partial charge on any atom is 0.225 e. The molecular weight excluding hydrogens is 513 g/mol. The van der Waals surface area contributed by atoms with Gasteiger partial charge in [0.25, 0.3) is 0 Å². The molecule has 2 aromatic rings. The molecule has 0 saturated carbocycles. The first kappa shape index (κ1) is 28.1. The fraction of sp³-hybridized carbons (Fsp3) is 0.500. The molecule has 1 atom stereocenters. The highest BCUT2D eigenvalue weighted by Crippen LogP contribution is 2.28. The molecular formula is C28H35ClFN3O5. The lowest BCUT2D eigenvalue weighted by atomic mass is 9.96. The lowest BCUT2D eigenvalue weighted by Crippen LogP contribution is -2.59. The average Bonchev–Trinajstić information content (AvgIpc) is 2.93. The van der Waals surface area contributed by atoms with Crippen LogP contribution in [0.5, 0.6) is 5.75 Å². The van der Waals surface area contributed by atoms with Gasteiger partial charge in [0.05, 0.1) is 32.8 Å². The highest BCUT2D eigenvalue weighted by molar-refractivity contribution is 6.31. The minimum atomic E-state index is -0.986. The number of anilines is 1. The van der Waals surface area contributed by atoms with Crippen molar-refractivity contribution in [3.8, 4) is 5.75 Å². The van der Waals surface area contributed by atoms with Gasteiger partial charge in [0.2, 0.25) is 11.8 Å². The van der Waals surface area contributed by atoms with Crippen LogP contribution in [0.3, 0.4) is 0 Å². The number of nitrogens with zero attached hydrogens (tertiary/aromatic N) is 3. The molecule has 0 radical (unpaired) electrons. The molecule has 2 aliphatic heterocycles. The van der Waals surface area contributed by atoms with Crippen molar-refractivity contribution in [3.05, 3.63) is 58.9 Å². The van der Waals surface area contributed by atoms with Crippen molar-refractivity contribution in [2.45, 2.75) is 25.4 Å². The van der Waals surface area contributed by atoms with Gasteiger partial charge in [-0.1, -0.05) is 11.6 Å². The lowest BCUT2D eigenvalue weighted by molar-refractivity contribution is -0.167. The summed E-state index contributed by atoms with van der Waals surface area (Å²) in [5.41, 5.74) is 0.729. The first-order valence-electron chi connectivity index (χ1n) is 12.9. The van der Waals surface area contributed by atoms with Crippen LogP contribution in [0.4, 0.5) is 10.1 Å². The molecule has 8 nitrogen and oxygen atoms in total. The van der Waals surface area contributed by atoms with Crippen LogP contribution in [0.25, 0.3) is 0 Å². The number of benzene rings is 2. The first-order chi connectivity index (χ1) is 18.2. The van der Waals surface area contributed by atoms with Crippen LogP contribution in [-0.2, 0) is 19.1 Å². The molecule has 0 unspecified atom stereocenters. The number of halogens is 2. The summed E-state index contributed by atoms with van der Waals surface area (Å²) in [6, 6.07) is 11.6. The number of amides is 2. The zero-order chi connectivity index (χ0) is 27.1. The van der Waals surface area contributed by atoms with Crippen LogP contribution in [0.1, 0.15) is 18.4 Å². The van der Waals surface area contributed by atoms with Crippen molar-refractivity contribution in [3.63, 3.8) is 0 Å². The molecule has 0 N–H and O–H groups in total. The third-order valence-electron chi connectivity index (χ3n) is 7.00. The van der Waals surface area contributed by atoms with Gasteiger partial charge < -0.3 is 28.9 Å². The monoisotopic (exact) mass is 547 g/mol. The summed E-state index contributed by atoms with van der Waals surface area (Å²) in [4.78, 5) is 31.9. The van der Waals surface area contributed by atoms with Crippen molar-refractivity contribution in [2.24, 2.45) is 0 Å². The van der Waals surface area contributed by atoms with E-state index in [1.807, 2.05) is 24.9 Å². The maximum absolute atomic E-state index is 13.3. The Morgan fingerprint density at radius 2 is 1.76 bits per heavy atom. The quantitative estimate of drug-likeness (QED) is 0.478. The minimum absolute atomic E-state index is 0.0344. The number of rotatable bonds is 9. The van der Waals surface area contributed by atoms with Crippen LogP contribution < -0.4 is 9.64 Å². The third kappa shape index (κ3) is 7.36. The summed E-state index contributed by atoms with van der Waals surface area (Å²) >= 11 is 6.16. The summed E-state index contributed by atoms with van der Waals surface area (Å²) in [6.07, 6.45) is 0.372. The van der Waals surface area contributed by atoms with Gasteiger partial charge in [-0.15, -0.1) is 0 Å². The van der Waals surface area contributed by atoms with Gasteiger partial charge in [0.1, 0.15) is 23.8 Å². The fourth-order valence-electron chi connectivity index (χ4n) is 4.67. The smallest absolute Gasteiger partial charge is 0.225 e. The Morgan fingerprint density at radius 1 is 1.05 bits per heavy atom. The number of aryl methyl sites for hydroxylation is 1. The molecule has 2 aromatic carbocycles. The molecule has 0 spiro atoms. The summed E-state index contributed by atoms with van der Waals surface area (Å²) in [5.74, 6) is 0.242. The van der Waals surface area contributed by atoms with E-state index in [2.05, 4.69) is 0 Å². The Balaban J connectivity index is 1.43. The number of carbonyl (C=O) groups excluding carboxylic acids is 2. The predicted molar refractivity (Wildman–Crippen MR) is 143 cm³/mol. The summed E-state index contributed by atoms with van der Waals surface area (Å²) in [7, 11) is 1.87. The Labute approximate surface area is 228 Å². The zero-order valence-corrected chi connectivity index (χ0v) is 22.7. The van der Waals surface area contributed by atoms with Gasteiger partial charge in [-0.05, 0) is 55.0 Å². The Kier molecular flexibility index (Phi) is 9.46. The number of hydrogen-bond donors (Lipinski definition) is 0. The van der Waals surface area contributed by atoms with Gasteiger partial charge >= 0.3 is 0 Å². The van der Waals surface area contributed by atoms with E-state index in [0.29, 0.717) is 56.8 Å². The summed E-state index contributed by atoms with van der Waals surface area (Å²) < 4.78 is 31.0. The van der Waals surface area contributed by atoms with Crippen LogP contribution in [-0.4, -0.2) is 93.4 Å². The molecule has 0 aromatic heterocycles. The lowest BCUT2D eigenvalue weighted by Gasteiger charge is -2.43. The number of morpholine rings is 2. The van der Waals surface area contributed by atoms with Crippen LogP contribution in [0.15, 0.2) is 42.5 Å². The minimum Gasteiger partial charge on any atom is -0.490 e. The second-order valence-corrected chi connectivity index (χ2v) is 10.3. The molecule has 206 valence electrons. The van der Waals surface area contributed by atoms with E-state index in [0.717, 1.165) is 11.3 Å². The second-order valence-electron chi connectivity index (χ2n) is 9.86. The third-order valence-corrected chi connectivity index (χ3v) is 7.42. The maximum atomic E-state index is 13.3. The summed E-state index contributed by atoms with van der Waals surface area (Å²) in [5, 5.41) is 0.644. The second kappa shape index (κ2) is 12.8. The molecule has 2 saturated heterocycles. The van der Waals surface area contributed by atoms with E-state index in [9.17, 15) is 14.0 Å². The SMILES string of the molecule is Cc1cc(OC[C@@]2(CC(=O)N3CCOCC3)CN(C(=O)CCN(C)c3ccc(F)cc3)CCO2)ccc1Cl. The largest absolute Gasteiger partial charge is 0.490 e. The average molecular weight is 548 g/mol. The van der Waals surface area contributed by atoms with Crippen LogP contribution in [0, 0.1) is 12.7 Å². The Bertz CT molecular complexity index is 1110. The fourth-order valence-corrected chi connectivity index (χ4v) is 4.79. The number of carbonyl (C=O) groups is 2. The van der Waals surface area contributed by atoms with Gasteiger partial charge in [-0.2, -0.15) is 0 Å². The Hall–Kier alpha value is -2.88. The predicted octanol–water partition coefficient (Wildman–Crippen LogP) is 3.54. The molecule has 2 heterocycles. The normalized spacial score (nSPS) is 19.8. The zero-order valence-electron chi connectivity index (χ0n) is 22.0. The first-order valence-corrected chi connectivity index (χ1v) is 13.3. The molecule has 2 amide bonds.